The first-order valence-corrected chi connectivity index (χ1v) is 8.97. The molecule has 2 aromatic carbocycles. The highest BCUT2D eigenvalue weighted by atomic mass is 16.5. The SMILES string of the molecule is O=C(CNCC1CC1)NCc1ccccc1COCc1ccccc1. The molecular weight excluding hydrogens is 312 g/mol. The molecule has 1 aliphatic carbocycles. The molecule has 0 saturated heterocycles. The average Bonchev–Trinajstić information content (AvgIpc) is 3.46. The quantitative estimate of drug-likeness (QED) is 0.700. The van der Waals surface area contributed by atoms with Gasteiger partial charge in [0.1, 0.15) is 0 Å². The summed E-state index contributed by atoms with van der Waals surface area (Å²) in [6.07, 6.45) is 2.59. The molecular formula is C21H26N2O2. The van der Waals surface area contributed by atoms with Crippen LogP contribution in [0, 0.1) is 5.92 Å². The van der Waals surface area contributed by atoms with Crippen LogP contribution < -0.4 is 10.6 Å². The van der Waals surface area contributed by atoms with Gasteiger partial charge in [0.05, 0.1) is 19.8 Å². The molecule has 1 saturated carbocycles. The van der Waals surface area contributed by atoms with Crippen LogP contribution in [0.3, 0.4) is 0 Å². The zero-order chi connectivity index (χ0) is 17.3. The molecule has 0 heterocycles. The number of ether oxygens (including phenoxy) is 1. The molecule has 2 aromatic rings. The van der Waals surface area contributed by atoms with Crippen molar-refractivity contribution < 1.29 is 9.53 Å². The van der Waals surface area contributed by atoms with Gasteiger partial charge in [-0.05, 0) is 42.0 Å². The molecule has 132 valence electrons. The molecule has 25 heavy (non-hydrogen) atoms. The van der Waals surface area contributed by atoms with Crippen LogP contribution in [0.1, 0.15) is 29.5 Å². The van der Waals surface area contributed by atoms with Gasteiger partial charge in [0, 0.05) is 6.54 Å². The highest BCUT2D eigenvalue weighted by Crippen LogP contribution is 2.27. The fraction of sp³-hybridized carbons (Fsp3) is 0.381. The van der Waals surface area contributed by atoms with Crippen LogP contribution >= 0.6 is 0 Å². The molecule has 3 rings (SSSR count). The second-order valence-corrected chi connectivity index (χ2v) is 6.60. The molecule has 0 aromatic heterocycles. The first-order chi connectivity index (χ1) is 12.3. The fourth-order valence-electron chi connectivity index (χ4n) is 2.69. The van der Waals surface area contributed by atoms with Crippen LogP contribution in [0.5, 0.6) is 0 Å². The summed E-state index contributed by atoms with van der Waals surface area (Å²) in [5.74, 6) is 0.830. The summed E-state index contributed by atoms with van der Waals surface area (Å²) >= 11 is 0. The van der Waals surface area contributed by atoms with E-state index in [0.29, 0.717) is 26.3 Å². The van der Waals surface area contributed by atoms with Crippen LogP contribution in [0.2, 0.25) is 0 Å². The van der Waals surface area contributed by atoms with Crippen molar-refractivity contribution >= 4 is 5.91 Å². The Labute approximate surface area is 149 Å². The molecule has 1 fully saturated rings. The van der Waals surface area contributed by atoms with Crippen LogP contribution in [-0.2, 0) is 29.3 Å². The third-order valence-corrected chi connectivity index (χ3v) is 4.38. The summed E-state index contributed by atoms with van der Waals surface area (Å²) in [4.78, 5) is 11.9. The maximum absolute atomic E-state index is 11.9. The van der Waals surface area contributed by atoms with E-state index in [2.05, 4.69) is 28.8 Å². The Bertz CT molecular complexity index is 669. The van der Waals surface area contributed by atoms with E-state index in [-0.39, 0.29) is 5.91 Å². The van der Waals surface area contributed by atoms with Crippen molar-refractivity contribution in [2.24, 2.45) is 5.92 Å². The lowest BCUT2D eigenvalue weighted by atomic mass is 10.1. The van der Waals surface area contributed by atoms with Gasteiger partial charge in [0.15, 0.2) is 0 Å². The molecule has 0 radical (unpaired) electrons. The van der Waals surface area contributed by atoms with Gasteiger partial charge in [-0.3, -0.25) is 4.79 Å². The van der Waals surface area contributed by atoms with E-state index >= 15 is 0 Å². The van der Waals surface area contributed by atoms with Crippen LogP contribution in [0.25, 0.3) is 0 Å². The monoisotopic (exact) mass is 338 g/mol. The molecule has 1 aliphatic rings. The predicted octanol–water partition coefficient (Wildman–Crippen LogP) is 3.02. The van der Waals surface area contributed by atoms with E-state index in [1.54, 1.807) is 0 Å². The standard InChI is InChI=1S/C21H26N2O2/c24-21(14-22-12-17-10-11-17)23-13-19-8-4-5-9-20(19)16-25-15-18-6-2-1-3-7-18/h1-9,17,22H,10-16H2,(H,23,24). The molecule has 1 amide bonds. The fourth-order valence-corrected chi connectivity index (χ4v) is 2.69. The highest BCUT2D eigenvalue weighted by molar-refractivity contribution is 5.78. The Kier molecular flexibility index (Phi) is 6.60. The molecule has 0 atom stereocenters. The topological polar surface area (TPSA) is 50.4 Å². The first-order valence-electron chi connectivity index (χ1n) is 8.97. The maximum Gasteiger partial charge on any atom is 0.234 e. The number of hydrogen-bond donors (Lipinski definition) is 2. The minimum absolute atomic E-state index is 0.0423. The lowest BCUT2D eigenvalue weighted by Crippen LogP contribution is -2.34. The van der Waals surface area contributed by atoms with Crippen molar-refractivity contribution in [2.45, 2.75) is 32.6 Å². The Balaban J connectivity index is 1.42. The zero-order valence-corrected chi connectivity index (χ0v) is 14.5. The minimum atomic E-state index is 0.0423. The van der Waals surface area contributed by atoms with Gasteiger partial charge >= 0.3 is 0 Å². The van der Waals surface area contributed by atoms with E-state index in [4.69, 9.17) is 4.74 Å². The van der Waals surface area contributed by atoms with Gasteiger partial charge in [0.2, 0.25) is 5.91 Å². The van der Waals surface area contributed by atoms with Crippen LogP contribution in [0.15, 0.2) is 54.6 Å². The summed E-state index contributed by atoms with van der Waals surface area (Å²) in [7, 11) is 0. The third kappa shape index (κ3) is 6.33. The van der Waals surface area contributed by atoms with Gasteiger partial charge in [-0.15, -0.1) is 0 Å². The van der Waals surface area contributed by atoms with E-state index < -0.39 is 0 Å². The molecule has 4 heteroatoms. The van der Waals surface area contributed by atoms with Crippen molar-refractivity contribution in [1.82, 2.24) is 10.6 Å². The zero-order valence-electron chi connectivity index (χ0n) is 14.5. The number of hydrogen-bond acceptors (Lipinski definition) is 3. The first kappa shape index (κ1) is 17.6. The smallest absolute Gasteiger partial charge is 0.234 e. The van der Waals surface area contributed by atoms with Gasteiger partial charge in [-0.1, -0.05) is 54.6 Å². The number of carbonyl (C=O) groups excluding carboxylic acids is 1. The summed E-state index contributed by atoms with van der Waals surface area (Å²) in [6, 6.07) is 18.2. The normalized spacial score (nSPS) is 13.6. The van der Waals surface area contributed by atoms with E-state index in [1.807, 2.05) is 36.4 Å². The second-order valence-electron chi connectivity index (χ2n) is 6.60. The van der Waals surface area contributed by atoms with E-state index in [9.17, 15) is 4.79 Å². The lowest BCUT2D eigenvalue weighted by molar-refractivity contribution is -0.120. The molecule has 2 N–H and O–H groups in total. The number of carbonyl (C=O) groups is 1. The highest BCUT2D eigenvalue weighted by Gasteiger charge is 2.20. The third-order valence-electron chi connectivity index (χ3n) is 4.38. The second kappa shape index (κ2) is 9.35. The molecule has 0 spiro atoms. The summed E-state index contributed by atoms with van der Waals surface area (Å²) in [5, 5.41) is 6.20. The Morgan fingerprint density at radius 2 is 1.68 bits per heavy atom. The van der Waals surface area contributed by atoms with Gasteiger partial charge in [-0.25, -0.2) is 0 Å². The van der Waals surface area contributed by atoms with E-state index in [0.717, 1.165) is 29.2 Å². The predicted molar refractivity (Wildman–Crippen MR) is 98.8 cm³/mol. The maximum atomic E-state index is 11.9. The summed E-state index contributed by atoms with van der Waals surface area (Å²) in [5.41, 5.74) is 3.38. The van der Waals surface area contributed by atoms with Gasteiger partial charge in [-0.2, -0.15) is 0 Å². The Hall–Kier alpha value is -2.17. The van der Waals surface area contributed by atoms with Crippen molar-refractivity contribution in [3.63, 3.8) is 0 Å². The van der Waals surface area contributed by atoms with Gasteiger partial charge < -0.3 is 15.4 Å². The van der Waals surface area contributed by atoms with Crippen molar-refractivity contribution in [3.8, 4) is 0 Å². The summed E-state index contributed by atoms with van der Waals surface area (Å²) < 4.78 is 5.83. The van der Waals surface area contributed by atoms with Crippen molar-refractivity contribution in [3.05, 3.63) is 71.3 Å². The van der Waals surface area contributed by atoms with Crippen LogP contribution in [-0.4, -0.2) is 19.0 Å². The molecule has 0 bridgehead atoms. The average molecular weight is 338 g/mol. The van der Waals surface area contributed by atoms with Crippen molar-refractivity contribution in [2.75, 3.05) is 13.1 Å². The van der Waals surface area contributed by atoms with Gasteiger partial charge in [0.25, 0.3) is 0 Å². The number of nitrogens with one attached hydrogen (secondary N) is 2. The molecule has 0 unspecified atom stereocenters. The lowest BCUT2D eigenvalue weighted by Gasteiger charge is -2.12. The number of amides is 1. The largest absolute Gasteiger partial charge is 0.372 e. The Morgan fingerprint density at radius 3 is 2.44 bits per heavy atom. The Morgan fingerprint density at radius 1 is 0.960 bits per heavy atom. The molecule has 0 aliphatic heterocycles. The minimum Gasteiger partial charge on any atom is -0.372 e. The van der Waals surface area contributed by atoms with E-state index in [1.165, 1.54) is 12.8 Å². The van der Waals surface area contributed by atoms with Crippen molar-refractivity contribution in [1.29, 1.82) is 0 Å². The molecule has 4 nitrogen and oxygen atoms in total. The number of benzene rings is 2. The van der Waals surface area contributed by atoms with Crippen LogP contribution in [0.4, 0.5) is 0 Å². The number of rotatable bonds is 10. The summed E-state index contributed by atoms with van der Waals surface area (Å²) in [6.45, 7) is 3.02.